The summed E-state index contributed by atoms with van der Waals surface area (Å²) in [6, 6.07) is 0. The fourth-order valence-electron chi connectivity index (χ4n) is 2.28. The van der Waals surface area contributed by atoms with Gasteiger partial charge >= 0.3 is 0 Å². The average Bonchev–Trinajstić information content (AvgIpc) is 2.41. The van der Waals surface area contributed by atoms with Gasteiger partial charge in [0, 0.05) is 32.4 Å². The van der Waals surface area contributed by atoms with E-state index in [9.17, 15) is 18.0 Å². The summed E-state index contributed by atoms with van der Waals surface area (Å²) in [5, 5.41) is 0. The predicted molar refractivity (Wildman–Crippen MR) is 105 cm³/mol. The molecule has 26 heavy (non-hydrogen) atoms. The first kappa shape index (κ1) is 25.1. The number of hydrogen-bond acceptors (Lipinski definition) is 4. The highest BCUT2D eigenvalue weighted by molar-refractivity contribution is 7.85. The molecular weight excluding hydrogens is 354 g/mol. The normalized spacial score (nSPS) is 12.9. The van der Waals surface area contributed by atoms with E-state index in [4.69, 9.17) is 4.55 Å². The molecule has 0 aromatic carbocycles. The van der Waals surface area contributed by atoms with E-state index in [0.717, 1.165) is 12.8 Å². The Morgan fingerprint density at radius 2 is 1.31 bits per heavy atom. The van der Waals surface area contributed by atoms with Gasteiger partial charge in [-0.15, -0.1) is 0 Å². The molecule has 0 radical (unpaired) electrons. The second-order valence-corrected chi connectivity index (χ2v) is 11.0. The predicted octanol–water partition coefficient (Wildman–Crippen LogP) is 3.70. The molecule has 0 aromatic heterocycles. The van der Waals surface area contributed by atoms with Crippen LogP contribution in [0.25, 0.3) is 0 Å². The molecule has 0 spiro atoms. The van der Waals surface area contributed by atoms with Gasteiger partial charge in [-0.2, -0.15) is 8.42 Å². The zero-order valence-electron chi connectivity index (χ0n) is 17.3. The number of hydrogen-bond donors (Lipinski definition) is 1. The van der Waals surface area contributed by atoms with Gasteiger partial charge in [-0.25, -0.2) is 0 Å². The Morgan fingerprint density at radius 3 is 1.69 bits per heavy atom. The van der Waals surface area contributed by atoms with E-state index in [-0.39, 0.29) is 48.2 Å². The molecule has 0 bridgehead atoms. The van der Waals surface area contributed by atoms with E-state index >= 15 is 0 Å². The molecule has 0 atom stereocenters. The molecule has 1 amide bonds. The lowest BCUT2D eigenvalue weighted by atomic mass is 9.90. The average molecular weight is 392 g/mol. The van der Waals surface area contributed by atoms with E-state index in [1.165, 1.54) is 0 Å². The van der Waals surface area contributed by atoms with Crippen molar-refractivity contribution in [1.82, 2.24) is 4.90 Å². The molecule has 0 saturated carbocycles. The molecule has 0 fully saturated rings. The Balaban J connectivity index is 4.53. The van der Waals surface area contributed by atoms with Crippen LogP contribution in [0, 0.1) is 10.8 Å². The first-order chi connectivity index (χ1) is 11.6. The Morgan fingerprint density at radius 1 is 0.846 bits per heavy atom. The maximum atomic E-state index is 12.6. The Kier molecular flexibility index (Phi) is 10.0. The summed E-state index contributed by atoms with van der Waals surface area (Å²) in [5.41, 5.74) is 0.262. The van der Waals surface area contributed by atoms with Crippen LogP contribution >= 0.6 is 0 Å². The van der Waals surface area contributed by atoms with Crippen LogP contribution in [0.15, 0.2) is 0 Å². The molecule has 154 valence electrons. The molecular formula is C19H37NO5S. The summed E-state index contributed by atoms with van der Waals surface area (Å²) < 4.78 is 30.0. The number of carbonyl (C=O) groups is 2. The van der Waals surface area contributed by atoms with Gasteiger partial charge in [0.1, 0.15) is 5.78 Å². The van der Waals surface area contributed by atoms with Crippen LogP contribution in [-0.4, -0.2) is 48.4 Å². The fourth-order valence-corrected chi connectivity index (χ4v) is 2.79. The van der Waals surface area contributed by atoms with Crippen molar-refractivity contribution in [3.8, 4) is 0 Å². The Hall–Kier alpha value is -0.950. The van der Waals surface area contributed by atoms with Gasteiger partial charge < -0.3 is 4.90 Å². The monoisotopic (exact) mass is 391 g/mol. The molecule has 6 nitrogen and oxygen atoms in total. The highest BCUT2D eigenvalue weighted by atomic mass is 32.2. The third-order valence-electron chi connectivity index (χ3n) is 4.09. The SMILES string of the molecule is CC(C)(C)CCN(CCC(C)(C)C)C(=O)CCC(=O)CCCS(=O)(=O)O. The van der Waals surface area contributed by atoms with Gasteiger partial charge in [0.2, 0.25) is 5.91 Å². The minimum Gasteiger partial charge on any atom is -0.343 e. The molecule has 1 N–H and O–H groups in total. The quantitative estimate of drug-likeness (QED) is 0.542. The van der Waals surface area contributed by atoms with E-state index in [1.54, 1.807) is 0 Å². The van der Waals surface area contributed by atoms with Crippen molar-refractivity contribution in [3.05, 3.63) is 0 Å². The fraction of sp³-hybridized carbons (Fsp3) is 0.895. The lowest BCUT2D eigenvalue weighted by molar-refractivity contribution is -0.133. The number of rotatable bonds is 11. The second kappa shape index (κ2) is 10.4. The van der Waals surface area contributed by atoms with Crippen molar-refractivity contribution in [2.24, 2.45) is 10.8 Å². The molecule has 0 aromatic rings. The Bertz CT molecular complexity index is 537. The Labute approximate surface area is 159 Å². The molecule has 0 saturated heterocycles. The van der Waals surface area contributed by atoms with Crippen LogP contribution in [0.5, 0.6) is 0 Å². The van der Waals surface area contributed by atoms with E-state index in [1.807, 2.05) is 4.90 Å². The van der Waals surface area contributed by atoms with Crippen LogP contribution < -0.4 is 0 Å². The van der Waals surface area contributed by atoms with Gasteiger partial charge in [-0.05, 0) is 30.1 Å². The summed E-state index contributed by atoms with van der Waals surface area (Å²) in [6.07, 6.45) is 2.21. The topological polar surface area (TPSA) is 91.8 Å². The van der Waals surface area contributed by atoms with Crippen LogP contribution in [0.4, 0.5) is 0 Å². The number of nitrogens with zero attached hydrogens (tertiary/aromatic N) is 1. The lowest BCUT2D eigenvalue weighted by Crippen LogP contribution is -2.36. The zero-order valence-corrected chi connectivity index (χ0v) is 18.1. The molecule has 7 heteroatoms. The summed E-state index contributed by atoms with van der Waals surface area (Å²) >= 11 is 0. The number of ketones is 1. The number of amides is 1. The van der Waals surface area contributed by atoms with Crippen LogP contribution in [0.2, 0.25) is 0 Å². The third kappa shape index (κ3) is 15.3. The minimum atomic E-state index is -4.03. The smallest absolute Gasteiger partial charge is 0.264 e. The van der Waals surface area contributed by atoms with Gasteiger partial charge in [0.25, 0.3) is 10.1 Å². The maximum Gasteiger partial charge on any atom is 0.264 e. The molecule has 0 aliphatic heterocycles. The highest BCUT2D eigenvalue weighted by Gasteiger charge is 2.21. The van der Waals surface area contributed by atoms with Crippen LogP contribution in [0.1, 0.15) is 80.1 Å². The van der Waals surface area contributed by atoms with Crippen molar-refractivity contribution in [2.45, 2.75) is 80.1 Å². The summed E-state index contributed by atoms with van der Waals surface area (Å²) in [6.45, 7) is 14.2. The van der Waals surface area contributed by atoms with Crippen molar-refractivity contribution < 1.29 is 22.6 Å². The summed E-state index contributed by atoms with van der Waals surface area (Å²) in [7, 11) is -4.03. The van der Waals surface area contributed by atoms with Crippen molar-refractivity contribution in [3.63, 3.8) is 0 Å². The molecule has 0 aliphatic carbocycles. The first-order valence-electron chi connectivity index (χ1n) is 9.34. The highest BCUT2D eigenvalue weighted by Crippen LogP contribution is 2.22. The van der Waals surface area contributed by atoms with Gasteiger partial charge in [0.05, 0.1) is 5.75 Å². The van der Waals surface area contributed by atoms with Crippen molar-refractivity contribution in [2.75, 3.05) is 18.8 Å². The lowest BCUT2D eigenvalue weighted by Gasteiger charge is -2.29. The van der Waals surface area contributed by atoms with E-state index in [2.05, 4.69) is 41.5 Å². The van der Waals surface area contributed by atoms with Crippen molar-refractivity contribution in [1.29, 1.82) is 0 Å². The third-order valence-corrected chi connectivity index (χ3v) is 4.90. The number of Topliss-reactive ketones (excluding diaryl/α,β-unsaturated/α-hetero) is 1. The number of carbonyl (C=O) groups excluding carboxylic acids is 2. The molecule has 0 heterocycles. The first-order valence-corrected chi connectivity index (χ1v) is 10.9. The summed E-state index contributed by atoms with van der Waals surface area (Å²) in [5.74, 6) is -0.592. The van der Waals surface area contributed by atoms with Gasteiger partial charge in [-0.1, -0.05) is 41.5 Å². The molecule has 0 unspecified atom stereocenters. The van der Waals surface area contributed by atoms with E-state index in [0.29, 0.717) is 13.1 Å². The molecule has 0 aliphatic rings. The zero-order chi connectivity index (χ0) is 20.6. The van der Waals surface area contributed by atoms with Crippen molar-refractivity contribution >= 4 is 21.8 Å². The van der Waals surface area contributed by atoms with Crippen LogP contribution in [-0.2, 0) is 19.7 Å². The second-order valence-electron chi connectivity index (χ2n) is 9.43. The van der Waals surface area contributed by atoms with Crippen LogP contribution in [0.3, 0.4) is 0 Å². The largest absolute Gasteiger partial charge is 0.343 e. The standard InChI is InChI=1S/C19H37NO5S/c1-18(2,3)11-13-20(14-12-19(4,5)6)17(22)10-9-16(21)8-7-15-26(23,24)25/h7-15H2,1-6H3,(H,23,24,25). The minimum absolute atomic E-state index is 0.0263. The summed E-state index contributed by atoms with van der Waals surface area (Å²) in [4.78, 5) is 26.2. The molecule has 0 rings (SSSR count). The van der Waals surface area contributed by atoms with E-state index < -0.39 is 15.9 Å². The van der Waals surface area contributed by atoms with Gasteiger partial charge in [-0.3, -0.25) is 14.1 Å². The van der Waals surface area contributed by atoms with Gasteiger partial charge in [0.15, 0.2) is 0 Å². The maximum absolute atomic E-state index is 12.6.